The lowest BCUT2D eigenvalue weighted by Crippen LogP contribution is -2.42. The maximum atomic E-state index is 12.1. The van der Waals surface area contributed by atoms with Gasteiger partial charge in [-0.15, -0.1) is 0 Å². The van der Waals surface area contributed by atoms with E-state index in [4.69, 9.17) is 4.74 Å². The van der Waals surface area contributed by atoms with Crippen molar-refractivity contribution in [3.63, 3.8) is 0 Å². The average Bonchev–Trinajstić information content (AvgIpc) is 2.75. The van der Waals surface area contributed by atoms with Crippen LogP contribution in [0.15, 0.2) is 36.5 Å². The monoisotopic (exact) mass is 397 g/mol. The molecule has 7 nitrogen and oxygen atoms in total. The Bertz CT molecular complexity index is 878. The molecule has 1 aromatic heterocycles. The summed E-state index contributed by atoms with van der Waals surface area (Å²) in [4.78, 5) is 12.5. The van der Waals surface area contributed by atoms with Crippen LogP contribution in [-0.4, -0.2) is 24.6 Å². The summed E-state index contributed by atoms with van der Waals surface area (Å²) in [7, 11) is 0. The second kappa shape index (κ2) is 8.68. The van der Waals surface area contributed by atoms with Gasteiger partial charge in [0.05, 0.1) is 30.7 Å². The Balaban J connectivity index is 1.29. The van der Waals surface area contributed by atoms with Crippen molar-refractivity contribution in [2.75, 3.05) is 24.6 Å². The van der Waals surface area contributed by atoms with E-state index in [1.165, 1.54) is 42.3 Å². The van der Waals surface area contributed by atoms with E-state index in [0.717, 1.165) is 55.7 Å². The Labute approximate surface area is 170 Å². The summed E-state index contributed by atoms with van der Waals surface area (Å²) in [5.74, 6) is 1.96. The van der Waals surface area contributed by atoms with Crippen molar-refractivity contribution in [3.05, 3.63) is 63.0 Å². The van der Waals surface area contributed by atoms with Crippen LogP contribution in [0.4, 0.5) is 11.5 Å². The van der Waals surface area contributed by atoms with Crippen LogP contribution in [0.5, 0.6) is 5.75 Å². The third-order valence-electron chi connectivity index (χ3n) is 6.17. The first-order valence-corrected chi connectivity index (χ1v) is 10.5. The Morgan fingerprint density at radius 1 is 1.17 bits per heavy atom. The van der Waals surface area contributed by atoms with Gasteiger partial charge in [-0.2, -0.15) is 0 Å². The topological polar surface area (TPSA) is 82.5 Å². The largest absolute Gasteiger partial charge is 0.711 e. The second-order valence-corrected chi connectivity index (χ2v) is 7.99. The van der Waals surface area contributed by atoms with Crippen molar-refractivity contribution in [3.8, 4) is 5.75 Å². The van der Waals surface area contributed by atoms with Crippen LogP contribution in [0.3, 0.4) is 0 Å². The smallest absolute Gasteiger partial charge is 0.286 e. The predicted octanol–water partition coefficient (Wildman–Crippen LogP) is 3.79. The number of aryl methyl sites for hydroxylation is 1. The summed E-state index contributed by atoms with van der Waals surface area (Å²) in [5, 5.41) is 23.0. The molecule has 0 radical (unpaired) electrons. The molecule has 1 aromatic carbocycles. The number of ether oxygens (including phenoxy) is 1. The first kappa shape index (κ1) is 19.5. The lowest BCUT2D eigenvalue weighted by atomic mass is 9.91. The van der Waals surface area contributed by atoms with Gasteiger partial charge in [-0.25, -0.2) is 4.73 Å². The number of pyridine rings is 1. The summed E-state index contributed by atoms with van der Waals surface area (Å²) in [6, 6.07) is 9.00. The molecule has 1 fully saturated rings. The van der Waals surface area contributed by atoms with Gasteiger partial charge in [0.1, 0.15) is 18.0 Å². The maximum Gasteiger partial charge on any atom is 0.286 e. The lowest BCUT2D eigenvalue weighted by molar-refractivity contribution is -0.593. The van der Waals surface area contributed by atoms with Crippen molar-refractivity contribution in [1.29, 1.82) is 0 Å². The number of fused-ring (bicyclic) bond motifs is 1. The molecular formula is C22H27N3O4. The number of nitro groups is 1. The SMILES string of the molecule is O=[N+]([O-])c1cc[n+]([O-])c(N2CCC(CCOc3cccc4c3CCCC4)CC2)c1. The number of hydrogen-bond donors (Lipinski definition) is 0. The molecule has 2 aliphatic rings. The first-order valence-electron chi connectivity index (χ1n) is 10.5. The van der Waals surface area contributed by atoms with Crippen LogP contribution < -0.4 is 14.4 Å². The molecule has 0 N–H and O–H groups in total. The van der Waals surface area contributed by atoms with Gasteiger partial charge >= 0.3 is 0 Å². The van der Waals surface area contributed by atoms with E-state index >= 15 is 0 Å². The van der Waals surface area contributed by atoms with Gasteiger partial charge in [0, 0.05) is 0 Å². The predicted molar refractivity (Wildman–Crippen MR) is 110 cm³/mol. The van der Waals surface area contributed by atoms with Gasteiger partial charge in [0.25, 0.3) is 11.5 Å². The van der Waals surface area contributed by atoms with E-state index in [1.807, 2.05) is 4.90 Å². The van der Waals surface area contributed by atoms with E-state index in [2.05, 4.69) is 18.2 Å². The minimum absolute atomic E-state index is 0.0474. The summed E-state index contributed by atoms with van der Waals surface area (Å²) >= 11 is 0. The van der Waals surface area contributed by atoms with Gasteiger partial charge in [-0.05, 0) is 68.1 Å². The zero-order chi connectivity index (χ0) is 20.2. The number of hydrogen-bond acceptors (Lipinski definition) is 5. The second-order valence-electron chi connectivity index (χ2n) is 7.99. The van der Waals surface area contributed by atoms with Gasteiger partial charge in [-0.1, -0.05) is 12.1 Å². The maximum absolute atomic E-state index is 12.1. The van der Waals surface area contributed by atoms with E-state index in [0.29, 0.717) is 18.3 Å². The van der Waals surface area contributed by atoms with Crippen molar-refractivity contribution in [2.45, 2.75) is 44.9 Å². The highest BCUT2D eigenvalue weighted by molar-refractivity contribution is 5.43. The van der Waals surface area contributed by atoms with Gasteiger partial charge in [0.15, 0.2) is 0 Å². The molecule has 0 spiro atoms. The molecule has 0 unspecified atom stereocenters. The Kier molecular flexibility index (Phi) is 5.83. The van der Waals surface area contributed by atoms with E-state index < -0.39 is 4.92 Å². The van der Waals surface area contributed by atoms with Crippen molar-refractivity contribution in [1.82, 2.24) is 0 Å². The molecule has 0 amide bonds. The van der Waals surface area contributed by atoms with Crippen LogP contribution >= 0.6 is 0 Å². The molecule has 29 heavy (non-hydrogen) atoms. The number of rotatable bonds is 6. The zero-order valence-electron chi connectivity index (χ0n) is 16.6. The number of piperidine rings is 1. The quantitative estimate of drug-likeness (QED) is 0.320. The molecule has 1 saturated heterocycles. The standard InChI is InChI=1S/C22H27N3O4/c26-24-14-10-19(25(27)28)16-22(24)23-12-8-17(9-13-23)11-15-29-21-7-3-5-18-4-1-2-6-20(18)21/h3,5,7,10,14,16-17H,1-2,4,6,8-9,11-13,15H2. The van der Waals surface area contributed by atoms with Crippen LogP contribution in [0.1, 0.15) is 43.2 Å². The fourth-order valence-corrected chi connectivity index (χ4v) is 4.48. The summed E-state index contributed by atoms with van der Waals surface area (Å²) in [6.45, 7) is 2.17. The molecule has 0 saturated carbocycles. The van der Waals surface area contributed by atoms with Crippen LogP contribution in [-0.2, 0) is 12.8 Å². The number of anilines is 1. The first-order chi connectivity index (χ1) is 14.1. The third-order valence-corrected chi connectivity index (χ3v) is 6.17. The number of nitrogens with zero attached hydrogens (tertiary/aromatic N) is 3. The number of benzene rings is 1. The molecule has 0 atom stereocenters. The molecule has 154 valence electrons. The van der Waals surface area contributed by atoms with Crippen LogP contribution in [0, 0.1) is 21.2 Å². The highest BCUT2D eigenvalue weighted by Crippen LogP contribution is 2.30. The van der Waals surface area contributed by atoms with Gasteiger partial charge < -0.3 is 9.94 Å². The Morgan fingerprint density at radius 3 is 2.76 bits per heavy atom. The highest BCUT2D eigenvalue weighted by atomic mass is 16.6. The highest BCUT2D eigenvalue weighted by Gasteiger charge is 2.27. The summed E-state index contributed by atoms with van der Waals surface area (Å²) in [5.41, 5.74) is 2.78. The van der Waals surface area contributed by atoms with E-state index in [9.17, 15) is 15.3 Å². The van der Waals surface area contributed by atoms with E-state index in [1.54, 1.807) is 0 Å². The summed E-state index contributed by atoms with van der Waals surface area (Å²) < 4.78 is 6.85. The third kappa shape index (κ3) is 4.44. The molecular weight excluding hydrogens is 370 g/mol. The molecule has 2 aromatic rings. The normalized spacial score (nSPS) is 17.0. The van der Waals surface area contributed by atoms with Gasteiger partial charge in [-0.3, -0.25) is 15.0 Å². The van der Waals surface area contributed by atoms with Crippen LogP contribution in [0.25, 0.3) is 0 Å². The summed E-state index contributed by atoms with van der Waals surface area (Å²) in [6.07, 6.45) is 8.90. The molecule has 1 aliphatic carbocycles. The molecule has 7 heteroatoms. The fourth-order valence-electron chi connectivity index (χ4n) is 4.48. The zero-order valence-corrected chi connectivity index (χ0v) is 16.6. The Hall–Kier alpha value is -2.83. The molecule has 4 rings (SSSR count). The number of aromatic nitrogens is 1. The van der Waals surface area contributed by atoms with E-state index in [-0.39, 0.29) is 5.69 Å². The lowest BCUT2D eigenvalue weighted by Gasteiger charge is -2.29. The van der Waals surface area contributed by atoms with Crippen molar-refractivity contribution in [2.24, 2.45) is 5.92 Å². The minimum atomic E-state index is -0.462. The average molecular weight is 397 g/mol. The van der Waals surface area contributed by atoms with Crippen molar-refractivity contribution < 1.29 is 14.4 Å². The van der Waals surface area contributed by atoms with Crippen LogP contribution in [0.2, 0.25) is 0 Å². The molecule has 0 bridgehead atoms. The fraction of sp³-hybridized carbons (Fsp3) is 0.500. The van der Waals surface area contributed by atoms with Crippen molar-refractivity contribution >= 4 is 11.5 Å². The Morgan fingerprint density at radius 2 is 1.97 bits per heavy atom. The minimum Gasteiger partial charge on any atom is -0.711 e. The molecule has 2 heterocycles. The molecule has 1 aliphatic heterocycles. The van der Waals surface area contributed by atoms with Gasteiger partial charge in [0.2, 0.25) is 0 Å².